The molecular weight excluding hydrogens is 272 g/mol. The van der Waals surface area contributed by atoms with Crippen molar-refractivity contribution < 1.29 is 19.4 Å². The van der Waals surface area contributed by atoms with Crippen molar-refractivity contribution >= 4 is 12.0 Å². The van der Waals surface area contributed by atoms with Crippen LogP contribution in [0, 0.1) is 17.8 Å². The molecule has 5 unspecified atom stereocenters. The van der Waals surface area contributed by atoms with E-state index in [2.05, 4.69) is 5.32 Å². The number of carbonyl (C=O) groups excluding carboxylic acids is 1. The van der Waals surface area contributed by atoms with E-state index in [0.29, 0.717) is 25.4 Å². The summed E-state index contributed by atoms with van der Waals surface area (Å²) in [7, 11) is 1.56. The fourth-order valence-electron chi connectivity index (χ4n) is 4.37. The fourth-order valence-corrected chi connectivity index (χ4v) is 4.37. The first kappa shape index (κ1) is 14.6. The Hall–Kier alpha value is -1.30. The lowest BCUT2D eigenvalue weighted by molar-refractivity contribution is -0.141. The molecule has 0 aromatic rings. The number of carboxylic acids is 1. The number of aliphatic carboxylic acids is 1. The third-order valence-corrected chi connectivity index (χ3v) is 5.54. The van der Waals surface area contributed by atoms with Gasteiger partial charge in [-0.25, -0.2) is 9.59 Å². The molecule has 0 spiro atoms. The molecule has 3 aliphatic rings. The van der Waals surface area contributed by atoms with Crippen molar-refractivity contribution in [3.05, 3.63) is 0 Å². The molecule has 6 nitrogen and oxygen atoms in total. The Kier molecular flexibility index (Phi) is 4.06. The summed E-state index contributed by atoms with van der Waals surface area (Å²) >= 11 is 0. The molecule has 0 aromatic carbocycles. The molecule has 118 valence electrons. The summed E-state index contributed by atoms with van der Waals surface area (Å²) in [6, 6.07) is -1.03. The summed E-state index contributed by atoms with van der Waals surface area (Å²) in [4.78, 5) is 25.0. The molecule has 21 heavy (non-hydrogen) atoms. The second kappa shape index (κ2) is 5.83. The van der Waals surface area contributed by atoms with Crippen molar-refractivity contribution in [2.45, 2.75) is 44.2 Å². The van der Waals surface area contributed by atoms with Gasteiger partial charge in [0.2, 0.25) is 0 Å². The molecule has 2 saturated carbocycles. The van der Waals surface area contributed by atoms with Gasteiger partial charge in [-0.3, -0.25) is 0 Å². The van der Waals surface area contributed by atoms with Crippen molar-refractivity contribution in [2.24, 2.45) is 17.8 Å². The largest absolute Gasteiger partial charge is 0.480 e. The standard InChI is InChI=1S/C15H24N2O4/c1-21-12-6-13(14(18)19)17(8-12)15(20)16-7-11-5-9-2-3-10(11)4-9/h9-13H,2-8H2,1H3,(H,16,20)(H,18,19). The Morgan fingerprint density at radius 1 is 1.29 bits per heavy atom. The van der Waals surface area contributed by atoms with E-state index in [4.69, 9.17) is 4.74 Å². The smallest absolute Gasteiger partial charge is 0.326 e. The van der Waals surface area contributed by atoms with Gasteiger partial charge >= 0.3 is 12.0 Å². The molecule has 2 amide bonds. The van der Waals surface area contributed by atoms with Gasteiger partial charge in [0.15, 0.2) is 0 Å². The van der Waals surface area contributed by atoms with E-state index in [9.17, 15) is 14.7 Å². The van der Waals surface area contributed by atoms with Crippen molar-refractivity contribution in [1.82, 2.24) is 10.2 Å². The lowest BCUT2D eigenvalue weighted by atomic mass is 9.89. The maximum Gasteiger partial charge on any atom is 0.326 e. The van der Waals surface area contributed by atoms with Gasteiger partial charge in [-0.05, 0) is 37.0 Å². The third kappa shape index (κ3) is 2.86. The number of hydrogen-bond acceptors (Lipinski definition) is 3. The van der Waals surface area contributed by atoms with Crippen LogP contribution in [-0.4, -0.2) is 54.4 Å². The molecule has 2 bridgehead atoms. The Labute approximate surface area is 124 Å². The number of rotatable bonds is 4. The minimum absolute atomic E-state index is 0.181. The summed E-state index contributed by atoms with van der Waals surface area (Å²) in [5.74, 6) is 1.24. The van der Waals surface area contributed by atoms with E-state index in [1.807, 2.05) is 0 Å². The Morgan fingerprint density at radius 3 is 2.67 bits per heavy atom. The zero-order valence-electron chi connectivity index (χ0n) is 12.5. The number of nitrogens with one attached hydrogen (secondary N) is 1. The number of carbonyl (C=O) groups is 2. The van der Waals surface area contributed by atoms with Gasteiger partial charge in [0.1, 0.15) is 6.04 Å². The third-order valence-electron chi connectivity index (χ3n) is 5.54. The highest BCUT2D eigenvalue weighted by molar-refractivity contribution is 5.83. The van der Waals surface area contributed by atoms with Crippen molar-refractivity contribution in [3.63, 3.8) is 0 Å². The monoisotopic (exact) mass is 296 g/mol. The highest BCUT2D eigenvalue weighted by atomic mass is 16.5. The van der Waals surface area contributed by atoms with Crippen LogP contribution in [0.25, 0.3) is 0 Å². The van der Waals surface area contributed by atoms with Crippen molar-refractivity contribution in [3.8, 4) is 0 Å². The number of nitrogens with zero attached hydrogens (tertiary/aromatic N) is 1. The van der Waals surface area contributed by atoms with E-state index in [1.165, 1.54) is 30.6 Å². The van der Waals surface area contributed by atoms with E-state index in [0.717, 1.165) is 11.8 Å². The van der Waals surface area contributed by atoms with Gasteiger partial charge < -0.3 is 20.1 Å². The van der Waals surface area contributed by atoms with Gasteiger partial charge in [0, 0.05) is 26.6 Å². The van der Waals surface area contributed by atoms with Crippen molar-refractivity contribution in [2.75, 3.05) is 20.2 Å². The number of methoxy groups -OCH3 is 1. The first-order valence-corrected chi connectivity index (χ1v) is 7.88. The van der Waals surface area contributed by atoms with Crippen LogP contribution in [0.2, 0.25) is 0 Å². The number of amides is 2. The van der Waals surface area contributed by atoms with Crippen LogP contribution >= 0.6 is 0 Å². The SMILES string of the molecule is COC1CC(C(=O)O)N(C(=O)NCC2CC3CCC2C3)C1. The van der Waals surface area contributed by atoms with E-state index in [-0.39, 0.29) is 12.1 Å². The average molecular weight is 296 g/mol. The minimum atomic E-state index is -0.954. The second-order valence-corrected chi connectivity index (χ2v) is 6.72. The van der Waals surface area contributed by atoms with Crippen LogP contribution in [0.1, 0.15) is 32.1 Å². The first-order valence-electron chi connectivity index (χ1n) is 7.88. The van der Waals surface area contributed by atoms with Gasteiger partial charge in [-0.15, -0.1) is 0 Å². The van der Waals surface area contributed by atoms with Crippen molar-refractivity contribution in [1.29, 1.82) is 0 Å². The normalized spacial score (nSPS) is 38.0. The van der Waals surface area contributed by atoms with Gasteiger partial charge in [0.25, 0.3) is 0 Å². The Morgan fingerprint density at radius 2 is 2.10 bits per heavy atom. The second-order valence-electron chi connectivity index (χ2n) is 6.72. The molecular formula is C15H24N2O4. The molecule has 3 rings (SSSR count). The van der Waals surface area contributed by atoms with Crippen LogP contribution in [0.4, 0.5) is 4.79 Å². The molecule has 0 aromatic heterocycles. The predicted molar refractivity (Wildman–Crippen MR) is 75.9 cm³/mol. The summed E-state index contributed by atoms with van der Waals surface area (Å²) in [5.41, 5.74) is 0. The average Bonchev–Trinajstić information content (AvgIpc) is 3.18. The highest BCUT2D eigenvalue weighted by Crippen LogP contribution is 2.47. The van der Waals surface area contributed by atoms with Crippen LogP contribution in [0.5, 0.6) is 0 Å². The summed E-state index contributed by atoms with van der Waals surface area (Å²) in [5, 5.41) is 12.2. The molecule has 2 N–H and O–H groups in total. The van der Waals surface area contributed by atoms with Gasteiger partial charge in [0.05, 0.1) is 6.10 Å². The first-order chi connectivity index (χ1) is 10.1. The van der Waals surface area contributed by atoms with Crippen LogP contribution in [0.3, 0.4) is 0 Å². The molecule has 1 aliphatic heterocycles. The summed E-state index contributed by atoms with van der Waals surface area (Å²) < 4.78 is 5.21. The molecule has 5 atom stereocenters. The van der Waals surface area contributed by atoms with Gasteiger partial charge in [-0.1, -0.05) is 6.42 Å². The zero-order chi connectivity index (χ0) is 15.0. The number of ether oxygens (including phenoxy) is 1. The number of fused-ring (bicyclic) bond motifs is 2. The predicted octanol–water partition coefficient (Wildman–Crippen LogP) is 1.31. The molecule has 1 saturated heterocycles. The summed E-state index contributed by atoms with van der Waals surface area (Å²) in [6.07, 6.45) is 5.35. The van der Waals surface area contributed by atoms with E-state index in [1.54, 1.807) is 7.11 Å². The van der Waals surface area contributed by atoms with Gasteiger partial charge in [-0.2, -0.15) is 0 Å². The molecule has 0 radical (unpaired) electrons. The maximum absolute atomic E-state index is 12.3. The number of carboxylic acid groups (broad SMARTS) is 1. The highest BCUT2D eigenvalue weighted by Gasteiger charge is 2.42. The number of hydrogen-bond donors (Lipinski definition) is 2. The van der Waals surface area contributed by atoms with Crippen LogP contribution in [0.15, 0.2) is 0 Å². The molecule has 2 aliphatic carbocycles. The quantitative estimate of drug-likeness (QED) is 0.820. The Balaban J connectivity index is 1.53. The van der Waals surface area contributed by atoms with E-state index >= 15 is 0 Å². The number of urea groups is 1. The minimum Gasteiger partial charge on any atom is -0.480 e. The zero-order valence-corrected chi connectivity index (χ0v) is 12.5. The van der Waals surface area contributed by atoms with Crippen LogP contribution < -0.4 is 5.32 Å². The fraction of sp³-hybridized carbons (Fsp3) is 0.867. The molecule has 3 fully saturated rings. The number of likely N-dealkylation sites (tertiary alicyclic amines) is 1. The lowest BCUT2D eigenvalue weighted by Crippen LogP contribution is -2.47. The van der Waals surface area contributed by atoms with E-state index < -0.39 is 12.0 Å². The molecule has 6 heteroatoms. The molecule has 1 heterocycles. The Bertz CT molecular complexity index is 428. The maximum atomic E-state index is 12.3. The summed E-state index contributed by atoms with van der Waals surface area (Å²) in [6.45, 7) is 1.04. The topological polar surface area (TPSA) is 78.9 Å². The lowest BCUT2D eigenvalue weighted by Gasteiger charge is -2.25. The van der Waals surface area contributed by atoms with Crippen LogP contribution in [-0.2, 0) is 9.53 Å².